The van der Waals surface area contributed by atoms with Crippen LogP contribution in [0.5, 0.6) is 23.0 Å². The second-order valence-electron chi connectivity index (χ2n) is 35.2. The molecule has 7 nitrogen and oxygen atoms in total. The van der Waals surface area contributed by atoms with Gasteiger partial charge in [-0.3, -0.25) is 0 Å². The lowest BCUT2D eigenvalue weighted by atomic mass is 9.67. The molecule has 0 amide bonds. The van der Waals surface area contributed by atoms with Crippen LogP contribution < -0.4 is 29.1 Å². The second-order valence-corrected chi connectivity index (χ2v) is 35.2. The zero-order valence-electron chi connectivity index (χ0n) is 75.9. The predicted octanol–water partition coefficient (Wildman–Crippen LogP) is 35.8. The number of ether oxygens (including phenoxy) is 2. The summed E-state index contributed by atoms with van der Waals surface area (Å²) in [7, 11) is 0. The summed E-state index contributed by atoms with van der Waals surface area (Å²) >= 11 is 0. The number of fused-ring (bicyclic) bond motifs is 9. The van der Waals surface area contributed by atoms with Crippen molar-refractivity contribution in [3.63, 3.8) is 0 Å². The molecular formula is C126H78F10N4O3. The maximum Gasteiger partial charge on any atom is 0.194 e. The first-order valence-electron chi connectivity index (χ1n) is 46.2. The van der Waals surface area contributed by atoms with E-state index in [0.29, 0.717) is 124 Å². The van der Waals surface area contributed by atoms with Gasteiger partial charge in [-0.25, -0.2) is 43.9 Å². The van der Waals surface area contributed by atoms with Crippen LogP contribution in [0.15, 0.2) is 454 Å². The molecule has 17 heteroatoms. The number of anilines is 12. The van der Waals surface area contributed by atoms with Crippen molar-refractivity contribution in [3.8, 4) is 67.5 Å². The van der Waals surface area contributed by atoms with Crippen LogP contribution >= 0.6 is 0 Å². The summed E-state index contributed by atoms with van der Waals surface area (Å²) in [5.74, 6) is -8.20. The Labute approximate surface area is 816 Å². The van der Waals surface area contributed by atoms with E-state index >= 15 is 35.1 Å². The van der Waals surface area contributed by atoms with Crippen LogP contribution in [-0.2, 0) is 10.8 Å². The molecule has 1 aromatic heterocycles. The highest BCUT2D eigenvalue weighted by Gasteiger charge is 2.51. The molecule has 21 aromatic rings. The minimum Gasteiger partial charge on any atom is -0.457 e. The quantitative estimate of drug-likeness (QED) is 0.0441. The molecule has 0 saturated heterocycles. The van der Waals surface area contributed by atoms with E-state index < -0.39 is 69.0 Å². The second kappa shape index (κ2) is 36.3. The van der Waals surface area contributed by atoms with Gasteiger partial charge in [0.15, 0.2) is 34.9 Å². The molecule has 2 unspecified atom stereocenters. The van der Waals surface area contributed by atoms with Crippen LogP contribution in [0.25, 0.3) is 78.6 Å². The van der Waals surface area contributed by atoms with Crippen molar-refractivity contribution in [3.05, 3.63) is 564 Å². The van der Waals surface area contributed by atoms with Gasteiger partial charge in [0.2, 0.25) is 0 Å². The third-order valence-corrected chi connectivity index (χ3v) is 27.2. The Bertz CT molecular complexity index is 8010. The van der Waals surface area contributed by atoms with E-state index in [0.717, 1.165) is 89.9 Å². The van der Waals surface area contributed by atoms with Crippen molar-refractivity contribution in [1.29, 1.82) is 0 Å². The fourth-order valence-electron chi connectivity index (χ4n) is 20.5. The summed E-state index contributed by atoms with van der Waals surface area (Å²) in [6.45, 7) is 7.70. The smallest absolute Gasteiger partial charge is 0.194 e. The van der Waals surface area contributed by atoms with E-state index in [4.69, 9.17) is 13.9 Å². The van der Waals surface area contributed by atoms with E-state index in [1.165, 1.54) is 60.7 Å². The Hall–Kier alpha value is -18.2. The van der Waals surface area contributed by atoms with E-state index in [2.05, 4.69) is 13.2 Å². The van der Waals surface area contributed by atoms with Crippen molar-refractivity contribution in [2.75, 3.05) is 19.6 Å². The van der Waals surface area contributed by atoms with Gasteiger partial charge in [-0.1, -0.05) is 195 Å². The van der Waals surface area contributed by atoms with E-state index in [-0.39, 0.29) is 11.1 Å². The molecule has 143 heavy (non-hydrogen) atoms. The van der Waals surface area contributed by atoms with Crippen molar-refractivity contribution >= 4 is 102 Å². The van der Waals surface area contributed by atoms with Crippen LogP contribution in [0.4, 0.5) is 112 Å². The summed E-state index contributed by atoms with van der Waals surface area (Å²) in [6.07, 6.45) is 3.46. The van der Waals surface area contributed by atoms with Gasteiger partial charge in [-0.2, -0.15) is 0 Å². The molecule has 0 spiro atoms. The minimum atomic E-state index is -1.61. The molecular weight excluding hydrogens is 1810 g/mol. The molecule has 0 bridgehead atoms. The molecule has 0 fully saturated rings. The third kappa shape index (κ3) is 15.7. The highest BCUT2D eigenvalue weighted by molar-refractivity contribution is 6.08. The third-order valence-electron chi connectivity index (χ3n) is 27.2. The molecule has 0 radical (unpaired) electrons. The zero-order chi connectivity index (χ0) is 97.5. The van der Waals surface area contributed by atoms with Crippen molar-refractivity contribution in [1.82, 2.24) is 0 Å². The number of halogens is 10. The van der Waals surface area contributed by atoms with Gasteiger partial charge >= 0.3 is 0 Å². The summed E-state index contributed by atoms with van der Waals surface area (Å²) < 4.78 is 176. The highest BCUT2D eigenvalue weighted by Crippen LogP contribution is 2.61. The molecule has 23 rings (SSSR count). The number of hydrogen-bond acceptors (Lipinski definition) is 7. The van der Waals surface area contributed by atoms with Crippen molar-refractivity contribution in [2.45, 2.75) is 10.8 Å². The van der Waals surface area contributed by atoms with Crippen LogP contribution in [0.1, 0.15) is 55.6 Å². The number of benzene rings is 20. The number of rotatable bonds is 24. The van der Waals surface area contributed by atoms with E-state index in [9.17, 15) is 8.78 Å². The summed E-state index contributed by atoms with van der Waals surface area (Å²) in [5.41, 5.74) is 17.5. The van der Waals surface area contributed by atoms with Gasteiger partial charge in [-0.15, -0.1) is 0 Å². The molecule has 0 N–H and O–H groups in total. The largest absolute Gasteiger partial charge is 0.457 e. The average molecular weight is 1890 g/mol. The van der Waals surface area contributed by atoms with Gasteiger partial charge < -0.3 is 33.5 Å². The lowest BCUT2D eigenvalue weighted by Crippen LogP contribution is -2.30. The lowest BCUT2D eigenvalue weighted by Gasteiger charge is -2.35. The topological polar surface area (TPSA) is 44.6 Å². The normalized spacial score (nSPS) is 13.8. The Balaban J connectivity index is 0.541. The Morgan fingerprint density at radius 2 is 0.469 bits per heavy atom. The molecule has 0 aliphatic heterocycles. The van der Waals surface area contributed by atoms with E-state index in [1.54, 1.807) is 84.9 Å². The molecule has 0 saturated carbocycles. The molecule has 690 valence electrons. The Kier molecular flexibility index (Phi) is 22.5. The molecule has 2 aliphatic rings. The highest BCUT2D eigenvalue weighted by atomic mass is 19.2. The summed E-state index contributed by atoms with van der Waals surface area (Å²) in [6, 6.07) is 129. The first-order chi connectivity index (χ1) is 69.8. The van der Waals surface area contributed by atoms with Crippen LogP contribution in [0.2, 0.25) is 0 Å². The first kappa shape index (κ1) is 88.7. The standard InChI is InChI=1S/C126H78F10N4O3/c1-3-77-13-57-101(58-14-77)141-103-61-25-83(26-62-103)125(113-69-71-117(131)123(135)121(113)133)111-11-7-5-9-105(111)107-65-53-97(73-115(107)125)137(93-45-29-85(127)30-46-93)89-37-17-79(18-38-89)81-21-41-91(42-22-81)139(95-49-33-87(129)34-50-95)99-55-67-109-110-68-56-100(76-120(110)143-119(109)75-99)140(96-51-35-88(130)36-52-96)92-43-23-82(24-44-92)80-19-39-90(40-20-80)138(94-47-31-86(128)32-48-94)98-54-66-108-106-10-6-8-12-112(106)126(116(108)74-98,114-70-72-118(132)124(136)122(114)134)84-27-63-104(64-28-84)142-102-59-15-78(4-2)16-60-102/h3-76H,1-2H2. The number of nitrogens with zero attached hydrogens (tertiary/aromatic N) is 4. The first-order valence-corrected chi connectivity index (χ1v) is 46.2. The maximum atomic E-state index is 17.2. The molecule has 20 aromatic carbocycles. The Morgan fingerprint density at radius 3 is 0.762 bits per heavy atom. The fraction of sp³-hybridized carbons (Fsp3) is 0.0159. The SMILES string of the molecule is C=Cc1ccc(Oc2ccc(C3(c4ccc(F)c(F)c4F)c4ccccc4-c4ccc(N(c5ccc(F)cc5)c5ccc(-c6ccc(N(c7ccc(F)cc7)c7ccc8c(c7)oc7cc(N(c9ccc(F)cc9)c9ccc(-c%10ccc(N(c%11ccc(F)cc%11)c%11ccc%12c(c%11)C(c%11ccc(Oc%13ccc(C=C)cc%13)cc%11)(c%11ccc(F)c(F)c%11F)c%11ccccc%11-%12)cc%10)cc9)ccc78)cc6)cc5)cc43)cc2)cc1. The van der Waals surface area contributed by atoms with Gasteiger partial charge in [0.1, 0.15) is 57.4 Å². The van der Waals surface area contributed by atoms with E-state index in [1.807, 2.05) is 311 Å². The zero-order valence-corrected chi connectivity index (χ0v) is 75.9. The molecule has 2 atom stereocenters. The van der Waals surface area contributed by atoms with Crippen LogP contribution in [0, 0.1) is 58.2 Å². The maximum absolute atomic E-state index is 17.2. The van der Waals surface area contributed by atoms with Gasteiger partial charge in [0, 0.05) is 102 Å². The molecule has 1 heterocycles. The predicted molar refractivity (Wildman–Crippen MR) is 551 cm³/mol. The van der Waals surface area contributed by atoms with Crippen LogP contribution in [-0.4, -0.2) is 0 Å². The average Bonchev–Trinajstić information content (AvgIpc) is 1.54. The fourth-order valence-corrected chi connectivity index (χ4v) is 20.5. The summed E-state index contributed by atoms with van der Waals surface area (Å²) in [5, 5.41) is 1.66. The number of hydrogen-bond donors (Lipinski definition) is 0. The van der Waals surface area contributed by atoms with Crippen LogP contribution in [0.3, 0.4) is 0 Å². The van der Waals surface area contributed by atoms with Gasteiger partial charge in [-0.05, 0) is 344 Å². The minimum absolute atomic E-state index is 0.111. The Morgan fingerprint density at radius 1 is 0.217 bits per heavy atom. The lowest BCUT2D eigenvalue weighted by molar-refractivity contribution is 0.435. The van der Waals surface area contributed by atoms with Gasteiger partial charge in [0.25, 0.3) is 0 Å². The molecule has 2 aliphatic carbocycles. The summed E-state index contributed by atoms with van der Waals surface area (Å²) in [4.78, 5) is 7.94. The number of furan rings is 1. The van der Waals surface area contributed by atoms with Crippen molar-refractivity contribution < 1.29 is 57.8 Å². The van der Waals surface area contributed by atoms with Gasteiger partial charge in [0.05, 0.1) is 10.8 Å². The van der Waals surface area contributed by atoms with Crippen molar-refractivity contribution in [2.24, 2.45) is 0 Å². The monoisotopic (exact) mass is 1880 g/mol.